The fourth-order valence-corrected chi connectivity index (χ4v) is 3.08. The van der Waals surface area contributed by atoms with Crippen LogP contribution in [0.5, 0.6) is 5.75 Å². The maximum atomic E-state index is 12.7. The summed E-state index contributed by atoms with van der Waals surface area (Å²) in [7, 11) is 0. The number of ketones is 3. The van der Waals surface area contributed by atoms with Crippen LogP contribution in [0, 0.1) is 0 Å². The first kappa shape index (κ1) is 23.3. The van der Waals surface area contributed by atoms with Crippen molar-refractivity contribution >= 4 is 23.4 Å². The summed E-state index contributed by atoms with van der Waals surface area (Å²) in [6.07, 6.45) is -5.85. The van der Waals surface area contributed by atoms with E-state index in [9.17, 15) is 45.0 Å². The highest BCUT2D eigenvalue weighted by Gasteiger charge is 2.46. The van der Waals surface area contributed by atoms with Crippen molar-refractivity contribution in [2.75, 3.05) is 6.61 Å². The lowest BCUT2D eigenvalue weighted by Gasteiger charge is -2.39. The number of Topliss-reactive ketones (excluding diaryl/α,β-unsaturated/α-hetero) is 1. The predicted molar refractivity (Wildman–Crippen MR) is 105 cm³/mol. The standard InChI is InChI=1S/C21H20O11/c22-8-14-17(28)18(29)19(30)21(31-14)32-20-15(12(25)7-13(26)16(20)27)11(24)6-3-9-1-4-10(23)5-2-9/h1-7,14,17-19,21-23,25,28-30H,8H2/b6-3+/t14-,17+,18+,19-,21+/m1/s1. The largest absolute Gasteiger partial charge is 0.508 e. The van der Waals surface area contributed by atoms with Crippen LogP contribution in [0.4, 0.5) is 0 Å². The highest BCUT2D eigenvalue weighted by molar-refractivity contribution is 6.49. The molecule has 0 bridgehead atoms. The summed E-state index contributed by atoms with van der Waals surface area (Å²) in [4.78, 5) is 37.0. The van der Waals surface area contributed by atoms with E-state index >= 15 is 0 Å². The molecule has 0 unspecified atom stereocenters. The van der Waals surface area contributed by atoms with E-state index < -0.39 is 71.8 Å². The van der Waals surface area contributed by atoms with Gasteiger partial charge in [-0.3, -0.25) is 14.4 Å². The lowest BCUT2D eigenvalue weighted by Crippen LogP contribution is -2.59. The zero-order chi connectivity index (χ0) is 23.6. The fraction of sp³-hybridized carbons (Fsp3) is 0.286. The Kier molecular flexibility index (Phi) is 6.87. The second-order valence-electron chi connectivity index (χ2n) is 7.03. The van der Waals surface area contributed by atoms with Crippen molar-refractivity contribution in [1.29, 1.82) is 0 Å². The molecular weight excluding hydrogens is 428 g/mol. The number of carbonyl (C=O) groups excluding carboxylic acids is 3. The van der Waals surface area contributed by atoms with Crippen LogP contribution in [-0.2, 0) is 23.9 Å². The third-order valence-corrected chi connectivity index (χ3v) is 4.83. The van der Waals surface area contributed by atoms with Crippen molar-refractivity contribution in [2.45, 2.75) is 30.7 Å². The number of aliphatic hydroxyl groups is 5. The van der Waals surface area contributed by atoms with Gasteiger partial charge in [-0.05, 0) is 23.8 Å². The van der Waals surface area contributed by atoms with Crippen LogP contribution in [0.1, 0.15) is 5.56 Å². The van der Waals surface area contributed by atoms with Gasteiger partial charge in [-0.1, -0.05) is 18.2 Å². The molecule has 1 saturated heterocycles. The van der Waals surface area contributed by atoms with E-state index in [1.165, 1.54) is 30.3 Å². The number of aromatic hydroxyl groups is 1. The number of aliphatic hydroxyl groups excluding tert-OH is 5. The molecule has 1 aliphatic heterocycles. The van der Waals surface area contributed by atoms with Crippen molar-refractivity contribution < 1.29 is 54.5 Å². The number of hydrogen-bond acceptors (Lipinski definition) is 11. The van der Waals surface area contributed by atoms with Gasteiger partial charge in [0.05, 0.1) is 6.61 Å². The third-order valence-electron chi connectivity index (χ3n) is 4.83. The lowest BCUT2D eigenvalue weighted by atomic mass is 9.96. The second-order valence-corrected chi connectivity index (χ2v) is 7.03. The zero-order valence-electron chi connectivity index (χ0n) is 16.4. The van der Waals surface area contributed by atoms with Crippen LogP contribution in [0.15, 0.2) is 53.5 Å². The average Bonchev–Trinajstić information content (AvgIpc) is 2.76. The average molecular weight is 448 g/mol. The minimum Gasteiger partial charge on any atom is -0.508 e. The maximum Gasteiger partial charge on any atom is 0.268 e. The van der Waals surface area contributed by atoms with Gasteiger partial charge in [0.15, 0.2) is 11.5 Å². The Bertz CT molecular complexity index is 1000. The molecule has 2 aliphatic rings. The molecule has 0 aromatic heterocycles. The van der Waals surface area contributed by atoms with Gasteiger partial charge >= 0.3 is 0 Å². The summed E-state index contributed by atoms with van der Waals surface area (Å²) in [5, 5.41) is 58.5. The van der Waals surface area contributed by atoms with E-state index in [1.54, 1.807) is 0 Å². The molecule has 0 spiro atoms. The van der Waals surface area contributed by atoms with Gasteiger partial charge in [-0.25, -0.2) is 0 Å². The van der Waals surface area contributed by atoms with Crippen LogP contribution in [-0.4, -0.2) is 85.3 Å². The molecule has 32 heavy (non-hydrogen) atoms. The normalized spacial score (nSPS) is 28.8. The van der Waals surface area contributed by atoms with Crippen LogP contribution < -0.4 is 0 Å². The first-order valence-electron chi connectivity index (χ1n) is 9.36. The van der Waals surface area contributed by atoms with E-state index in [2.05, 4.69) is 0 Å². The SMILES string of the molecule is O=C1C=C(O)C(C(=O)/C=C/c2ccc(O)cc2)=C(O[C@@H]2O[C@H](CO)[C@H](O)[C@H](O)[C@H]2O)C1=O. The van der Waals surface area contributed by atoms with E-state index in [1.807, 2.05) is 0 Å². The number of phenolic OH excluding ortho intramolecular Hbond substituents is 1. The molecule has 1 heterocycles. The molecular formula is C21H20O11. The molecule has 0 radical (unpaired) electrons. The summed E-state index contributed by atoms with van der Waals surface area (Å²) < 4.78 is 10.4. The van der Waals surface area contributed by atoms with Crippen molar-refractivity contribution in [2.24, 2.45) is 0 Å². The zero-order valence-corrected chi connectivity index (χ0v) is 16.4. The van der Waals surface area contributed by atoms with Gasteiger partial charge in [0.25, 0.3) is 5.78 Å². The molecule has 11 heteroatoms. The highest BCUT2D eigenvalue weighted by atomic mass is 16.7. The minimum atomic E-state index is -1.92. The van der Waals surface area contributed by atoms with Gasteiger partial charge in [0, 0.05) is 6.08 Å². The van der Waals surface area contributed by atoms with Gasteiger partial charge in [0.1, 0.15) is 41.5 Å². The molecule has 5 atom stereocenters. The van der Waals surface area contributed by atoms with Crippen LogP contribution in [0.25, 0.3) is 6.08 Å². The first-order valence-corrected chi connectivity index (χ1v) is 9.36. The quantitative estimate of drug-likeness (QED) is 0.171. The minimum absolute atomic E-state index is 0.00312. The maximum absolute atomic E-state index is 12.7. The Morgan fingerprint density at radius 1 is 1.03 bits per heavy atom. The molecule has 1 aliphatic carbocycles. The monoisotopic (exact) mass is 448 g/mol. The topological polar surface area (TPSA) is 191 Å². The number of rotatable bonds is 6. The summed E-state index contributed by atoms with van der Waals surface area (Å²) in [6.45, 7) is -0.775. The number of hydrogen-bond donors (Lipinski definition) is 6. The molecule has 0 saturated carbocycles. The fourth-order valence-electron chi connectivity index (χ4n) is 3.08. The van der Waals surface area contributed by atoms with Gasteiger partial charge in [-0.2, -0.15) is 0 Å². The lowest BCUT2D eigenvalue weighted by molar-refractivity contribution is -0.290. The van der Waals surface area contributed by atoms with E-state index in [0.717, 1.165) is 6.08 Å². The molecule has 11 nitrogen and oxygen atoms in total. The van der Waals surface area contributed by atoms with Crippen LogP contribution >= 0.6 is 0 Å². The van der Waals surface area contributed by atoms with Crippen molar-refractivity contribution in [3.63, 3.8) is 0 Å². The van der Waals surface area contributed by atoms with Gasteiger partial charge in [0.2, 0.25) is 12.1 Å². The van der Waals surface area contributed by atoms with Crippen molar-refractivity contribution in [1.82, 2.24) is 0 Å². The Morgan fingerprint density at radius 2 is 1.69 bits per heavy atom. The molecule has 170 valence electrons. The summed E-state index contributed by atoms with van der Waals surface area (Å²) in [5.41, 5.74) is -0.198. The second kappa shape index (κ2) is 9.42. The Balaban J connectivity index is 1.94. The number of allylic oxidation sites excluding steroid dienone is 4. The highest BCUT2D eigenvalue weighted by Crippen LogP contribution is 2.28. The van der Waals surface area contributed by atoms with E-state index in [4.69, 9.17) is 9.47 Å². The Morgan fingerprint density at radius 3 is 2.31 bits per heavy atom. The van der Waals surface area contributed by atoms with Gasteiger partial charge in [-0.15, -0.1) is 0 Å². The molecule has 1 fully saturated rings. The number of phenols is 1. The molecule has 0 amide bonds. The number of benzene rings is 1. The van der Waals surface area contributed by atoms with Crippen molar-refractivity contribution in [3.05, 3.63) is 59.1 Å². The Hall–Kier alpha value is -3.35. The predicted octanol–water partition coefficient (Wildman–Crippen LogP) is -1.36. The molecule has 3 rings (SSSR count). The molecule has 1 aromatic carbocycles. The summed E-state index contributed by atoms with van der Waals surface area (Å²) >= 11 is 0. The van der Waals surface area contributed by atoms with E-state index in [-0.39, 0.29) is 5.75 Å². The van der Waals surface area contributed by atoms with Crippen LogP contribution in [0.3, 0.4) is 0 Å². The first-order chi connectivity index (χ1) is 15.1. The number of ether oxygens (including phenoxy) is 2. The summed E-state index contributed by atoms with van der Waals surface area (Å²) in [5.74, 6) is -5.26. The van der Waals surface area contributed by atoms with Crippen molar-refractivity contribution in [3.8, 4) is 5.75 Å². The third kappa shape index (κ3) is 4.61. The number of carbonyl (C=O) groups is 3. The molecule has 6 N–H and O–H groups in total. The summed E-state index contributed by atoms with van der Waals surface area (Å²) in [6, 6.07) is 5.72. The van der Waals surface area contributed by atoms with E-state index in [0.29, 0.717) is 11.6 Å². The van der Waals surface area contributed by atoms with Gasteiger partial charge < -0.3 is 40.1 Å². The smallest absolute Gasteiger partial charge is 0.268 e. The Labute approximate surface area is 180 Å². The van der Waals surface area contributed by atoms with Crippen LogP contribution in [0.2, 0.25) is 0 Å². The molecule has 1 aromatic rings.